The molecule has 8 heteroatoms. The van der Waals surface area contributed by atoms with Crippen LogP contribution in [0.1, 0.15) is 13.3 Å². The second kappa shape index (κ2) is 5.55. The van der Waals surface area contributed by atoms with Crippen molar-refractivity contribution in [1.29, 1.82) is 0 Å². The van der Waals surface area contributed by atoms with Gasteiger partial charge in [0.1, 0.15) is 0 Å². The fraction of sp³-hybridized carbons (Fsp3) is 0.222. The molecule has 0 aliphatic rings. The summed E-state index contributed by atoms with van der Waals surface area (Å²) in [6.45, 7) is 1.30. The number of rotatable bonds is 2. The SMILES string of the molecule is CCC(=O)Oc1c(F)c(F)c(F)c(F)c1F.F. The highest BCUT2D eigenvalue weighted by atomic mass is 19.2. The van der Waals surface area contributed by atoms with Crippen molar-refractivity contribution < 1.29 is 36.2 Å². The molecule has 0 N–H and O–H groups in total. The van der Waals surface area contributed by atoms with Gasteiger partial charge in [-0.1, -0.05) is 6.92 Å². The molecule has 0 aromatic heterocycles. The summed E-state index contributed by atoms with van der Waals surface area (Å²) in [7, 11) is 0. The van der Waals surface area contributed by atoms with Crippen LogP contribution < -0.4 is 4.74 Å². The molecule has 0 bridgehead atoms. The summed E-state index contributed by atoms with van der Waals surface area (Å²) < 4.78 is 67.6. The van der Waals surface area contributed by atoms with Crippen LogP contribution in [0.4, 0.5) is 26.7 Å². The number of halogens is 6. The highest BCUT2D eigenvalue weighted by molar-refractivity contribution is 5.72. The van der Waals surface area contributed by atoms with Crippen LogP contribution >= 0.6 is 0 Å². The molecule has 17 heavy (non-hydrogen) atoms. The third kappa shape index (κ3) is 2.69. The van der Waals surface area contributed by atoms with Gasteiger partial charge in [0.25, 0.3) is 0 Å². The molecule has 0 heterocycles. The standard InChI is InChI=1S/C9H5F5O2.FH/c1-2-3(15)16-9-7(13)5(11)4(10)6(12)8(9)14;/h2H2,1H3;1H. The Kier molecular flexibility index (Phi) is 4.99. The van der Waals surface area contributed by atoms with Gasteiger partial charge in [0.2, 0.25) is 34.8 Å². The lowest BCUT2D eigenvalue weighted by Gasteiger charge is -2.07. The Hall–Kier alpha value is -1.73. The van der Waals surface area contributed by atoms with Gasteiger partial charge in [-0.05, 0) is 0 Å². The first kappa shape index (κ1) is 15.3. The molecular formula is C9H6F6O2. The molecule has 0 saturated carbocycles. The molecule has 96 valence electrons. The molecule has 0 saturated heterocycles. The highest BCUT2D eigenvalue weighted by Gasteiger charge is 2.28. The topological polar surface area (TPSA) is 26.3 Å². The van der Waals surface area contributed by atoms with Crippen molar-refractivity contribution in [2.24, 2.45) is 0 Å². The zero-order chi connectivity index (χ0) is 12.5. The molecule has 0 spiro atoms. The van der Waals surface area contributed by atoms with Crippen LogP contribution in [0.5, 0.6) is 5.75 Å². The molecular weight excluding hydrogens is 254 g/mol. The molecule has 0 atom stereocenters. The predicted octanol–water partition coefficient (Wildman–Crippen LogP) is 2.85. The third-order valence-corrected chi connectivity index (χ3v) is 1.67. The van der Waals surface area contributed by atoms with E-state index in [-0.39, 0.29) is 11.1 Å². The molecule has 0 radical (unpaired) electrons. The molecule has 0 amide bonds. The zero-order valence-electron chi connectivity index (χ0n) is 8.32. The monoisotopic (exact) mass is 260 g/mol. The first-order chi connectivity index (χ1) is 7.40. The van der Waals surface area contributed by atoms with Crippen molar-refractivity contribution in [1.82, 2.24) is 0 Å². The molecule has 1 aromatic carbocycles. The van der Waals surface area contributed by atoms with E-state index in [2.05, 4.69) is 4.74 Å². The van der Waals surface area contributed by atoms with Crippen molar-refractivity contribution in [2.75, 3.05) is 0 Å². The average Bonchev–Trinajstić information content (AvgIpc) is 2.29. The molecule has 0 fully saturated rings. The van der Waals surface area contributed by atoms with Gasteiger partial charge in [-0.15, -0.1) is 0 Å². The molecule has 2 nitrogen and oxygen atoms in total. The summed E-state index contributed by atoms with van der Waals surface area (Å²) >= 11 is 0. The second-order valence-corrected chi connectivity index (χ2v) is 2.73. The van der Waals surface area contributed by atoms with Gasteiger partial charge in [0.15, 0.2) is 0 Å². The molecule has 1 aromatic rings. The van der Waals surface area contributed by atoms with Crippen LogP contribution in [0.2, 0.25) is 0 Å². The summed E-state index contributed by atoms with van der Waals surface area (Å²) in [5.74, 6) is -13.6. The van der Waals surface area contributed by atoms with E-state index in [4.69, 9.17) is 0 Å². The van der Waals surface area contributed by atoms with Crippen molar-refractivity contribution >= 4 is 5.97 Å². The first-order valence-electron chi connectivity index (χ1n) is 4.12. The van der Waals surface area contributed by atoms with Gasteiger partial charge in [0, 0.05) is 6.42 Å². The van der Waals surface area contributed by atoms with Crippen LogP contribution in [0.25, 0.3) is 0 Å². The average molecular weight is 260 g/mol. The molecule has 0 aliphatic carbocycles. The van der Waals surface area contributed by atoms with E-state index in [0.717, 1.165) is 0 Å². The molecule has 0 unspecified atom stereocenters. The van der Waals surface area contributed by atoms with Gasteiger partial charge in [-0.25, -0.2) is 13.2 Å². The van der Waals surface area contributed by atoms with E-state index in [9.17, 15) is 26.7 Å². The quantitative estimate of drug-likeness (QED) is 0.269. The van der Waals surface area contributed by atoms with E-state index in [0.29, 0.717) is 0 Å². The van der Waals surface area contributed by atoms with E-state index < -0.39 is 40.8 Å². The second-order valence-electron chi connectivity index (χ2n) is 2.73. The van der Waals surface area contributed by atoms with Crippen molar-refractivity contribution in [3.8, 4) is 5.75 Å². The van der Waals surface area contributed by atoms with Gasteiger partial charge < -0.3 is 4.74 Å². The Balaban J connectivity index is 0.00000256. The largest absolute Gasteiger partial charge is 0.420 e. The Labute approximate surface area is 91.4 Å². The fourth-order valence-corrected chi connectivity index (χ4v) is 0.860. The number of carbonyl (C=O) groups excluding carboxylic acids is 1. The van der Waals surface area contributed by atoms with Gasteiger partial charge in [-0.3, -0.25) is 9.50 Å². The Morgan fingerprint density at radius 3 is 1.65 bits per heavy atom. The summed E-state index contributed by atoms with van der Waals surface area (Å²) in [6.07, 6.45) is -0.264. The van der Waals surface area contributed by atoms with Gasteiger partial charge >= 0.3 is 5.97 Å². The highest BCUT2D eigenvalue weighted by Crippen LogP contribution is 2.29. The zero-order valence-corrected chi connectivity index (χ0v) is 8.32. The minimum absolute atomic E-state index is 0. The van der Waals surface area contributed by atoms with Crippen LogP contribution in [0, 0.1) is 29.1 Å². The van der Waals surface area contributed by atoms with E-state index in [1.807, 2.05) is 0 Å². The lowest BCUT2D eigenvalue weighted by molar-refractivity contribution is -0.134. The maximum atomic E-state index is 12.9. The van der Waals surface area contributed by atoms with E-state index in [1.165, 1.54) is 6.92 Å². The number of esters is 1. The van der Waals surface area contributed by atoms with Crippen LogP contribution in [0.3, 0.4) is 0 Å². The van der Waals surface area contributed by atoms with Crippen LogP contribution in [-0.2, 0) is 4.79 Å². The summed E-state index contributed by atoms with van der Waals surface area (Å²) in [5, 5.41) is 0. The molecule has 0 aliphatic heterocycles. The Morgan fingerprint density at radius 2 is 1.29 bits per heavy atom. The van der Waals surface area contributed by atoms with E-state index >= 15 is 0 Å². The first-order valence-corrected chi connectivity index (χ1v) is 4.12. The number of benzene rings is 1. The van der Waals surface area contributed by atoms with E-state index in [1.54, 1.807) is 0 Å². The maximum Gasteiger partial charge on any atom is 0.311 e. The Morgan fingerprint density at radius 1 is 0.941 bits per heavy atom. The van der Waals surface area contributed by atoms with Gasteiger partial charge in [0.05, 0.1) is 0 Å². The predicted molar refractivity (Wildman–Crippen MR) is 44.7 cm³/mol. The normalized spacial score (nSPS) is 9.76. The smallest absolute Gasteiger partial charge is 0.311 e. The van der Waals surface area contributed by atoms with Crippen molar-refractivity contribution in [3.05, 3.63) is 29.1 Å². The van der Waals surface area contributed by atoms with Crippen molar-refractivity contribution in [2.45, 2.75) is 13.3 Å². The van der Waals surface area contributed by atoms with Gasteiger partial charge in [-0.2, -0.15) is 8.78 Å². The van der Waals surface area contributed by atoms with Crippen LogP contribution in [-0.4, -0.2) is 5.97 Å². The van der Waals surface area contributed by atoms with Crippen LogP contribution in [0.15, 0.2) is 0 Å². The number of ether oxygens (including phenoxy) is 1. The number of hydrogen-bond donors (Lipinski definition) is 0. The minimum atomic E-state index is -2.30. The minimum Gasteiger partial charge on any atom is -0.420 e. The number of hydrogen-bond acceptors (Lipinski definition) is 2. The summed E-state index contributed by atoms with van der Waals surface area (Å²) in [4.78, 5) is 10.7. The maximum absolute atomic E-state index is 12.9. The lowest BCUT2D eigenvalue weighted by atomic mass is 10.2. The Bertz CT molecular complexity index is 417. The third-order valence-electron chi connectivity index (χ3n) is 1.67. The summed E-state index contributed by atoms with van der Waals surface area (Å²) in [6, 6.07) is 0. The summed E-state index contributed by atoms with van der Waals surface area (Å²) in [5.41, 5.74) is 0. The van der Waals surface area contributed by atoms with Crippen molar-refractivity contribution in [3.63, 3.8) is 0 Å². The number of carbonyl (C=O) groups is 1. The lowest BCUT2D eigenvalue weighted by Crippen LogP contribution is -2.12. The molecule has 1 rings (SSSR count). The fourth-order valence-electron chi connectivity index (χ4n) is 0.860.